The van der Waals surface area contributed by atoms with E-state index in [1.54, 1.807) is 0 Å². The summed E-state index contributed by atoms with van der Waals surface area (Å²) in [4.78, 5) is 23.5. The van der Waals surface area contributed by atoms with Gasteiger partial charge in [0.2, 0.25) is 0 Å². The van der Waals surface area contributed by atoms with E-state index >= 15 is 0 Å². The number of hydrogen-bond acceptors (Lipinski definition) is 3. The molecule has 2 aromatic rings. The molecular formula is C15H9Cl2F2NO3. The van der Waals surface area contributed by atoms with Crippen molar-refractivity contribution < 1.29 is 23.1 Å². The number of ether oxygens (including phenoxy) is 1. The van der Waals surface area contributed by atoms with E-state index in [1.807, 2.05) is 0 Å². The number of amides is 1. The molecule has 4 nitrogen and oxygen atoms in total. The molecule has 0 aromatic heterocycles. The third kappa shape index (κ3) is 3.97. The van der Waals surface area contributed by atoms with Gasteiger partial charge in [-0.15, -0.1) is 0 Å². The Bertz CT molecular complexity index is 776. The second-order valence-electron chi connectivity index (χ2n) is 4.42. The molecule has 120 valence electrons. The van der Waals surface area contributed by atoms with Gasteiger partial charge < -0.3 is 10.1 Å². The number of benzene rings is 2. The Morgan fingerprint density at radius 1 is 1.00 bits per heavy atom. The molecule has 1 amide bonds. The van der Waals surface area contributed by atoms with Gasteiger partial charge in [-0.25, -0.2) is 13.6 Å². The van der Waals surface area contributed by atoms with E-state index in [0.717, 1.165) is 13.2 Å². The standard InChI is InChI=1S/C15H9Cl2F2NO3/c1-23-15(22)10-5-13(12(19)6-11(10)18)20-14(21)7-2-8(16)4-9(17)3-7/h2-6H,1H3,(H,20,21). The minimum absolute atomic E-state index is 0.0749. The van der Waals surface area contributed by atoms with Crippen LogP contribution in [0, 0.1) is 11.6 Å². The lowest BCUT2D eigenvalue weighted by Gasteiger charge is -2.09. The van der Waals surface area contributed by atoms with Gasteiger partial charge in [-0.1, -0.05) is 23.2 Å². The third-order valence-corrected chi connectivity index (χ3v) is 3.27. The Kier molecular flexibility index (Phi) is 5.18. The van der Waals surface area contributed by atoms with Gasteiger partial charge in [-0.3, -0.25) is 4.79 Å². The first-order valence-electron chi connectivity index (χ1n) is 6.16. The highest BCUT2D eigenvalue weighted by Gasteiger charge is 2.18. The van der Waals surface area contributed by atoms with Crippen molar-refractivity contribution in [2.24, 2.45) is 0 Å². The van der Waals surface area contributed by atoms with E-state index in [2.05, 4.69) is 10.1 Å². The van der Waals surface area contributed by atoms with Gasteiger partial charge in [0, 0.05) is 21.7 Å². The Labute approximate surface area is 140 Å². The smallest absolute Gasteiger partial charge is 0.340 e. The van der Waals surface area contributed by atoms with Crippen molar-refractivity contribution in [2.75, 3.05) is 12.4 Å². The number of anilines is 1. The third-order valence-electron chi connectivity index (χ3n) is 2.83. The zero-order valence-corrected chi connectivity index (χ0v) is 13.1. The van der Waals surface area contributed by atoms with Crippen molar-refractivity contribution in [3.63, 3.8) is 0 Å². The summed E-state index contributed by atoms with van der Waals surface area (Å²) in [6, 6.07) is 5.40. The summed E-state index contributed by atoms with van der Waals surface area (Å²) < 4.78 is 31.7. The van der Waals surface area contributed by atoms with Gasteiger partial charge in [0.15, 0.2) is 0 Å². The van der Waals surface area contributed by atoms with Crippen LogP contribution in [-0.2, 0) is 4.74 Å². The van der Waals surface area contributed by atoms with Crippen molar-refractivity contribution in [3.8, 4) is 0 Å². The zero-order valence-electron chi connectivity index (χ0n) is 11.6. The molecule has 1 N–H and O–H groups in total. The largest absolute Gasteiger partial charge is 0.465 e. The fourth-order valence-corrected chi connectivity index (χ4v) is 2.32. The predicted molar refractivity (Wildman–Crippen MR) is 82.1 cm³/mol. The van der Waals surface area contributed by atoms with Crippen LogP contribution in [0.25, 0.3) is 0 Å². The van der Waals surface area contributed by atoms with Crippen molar-refractivity contribution in [1.29, 1.82) is 0 Å². The van der Waals surface area contributed by atoms with Crippen LogP contribution in [0.2, 0.25) is 10.0 Å². The second-order valence-corrected chi connectivity index (χ2v) is 5.29. The molecule has 0 aliphatic rings. The molecule has 0 atom stereocenters. The van der Waals surface area contributed by atoms with Crippen LogP contribution >= 0.6 is 23.2 Å². The van der Waals surface area contributed by atoms with E-state index in [9.17, 15) is 18.4 Å². The SMILES string of the molecule is COC(=O)c1cc(NC(=O)c2cc(Cl)cc(Cl)c2)c(F)cc1F. The summed E-state index contributed by atoms with van der Waals surface area (Å²) in [7, 11) is 1.05. The quantitative estimate of drug-likeness (QED) is 0.830. The highest BCUT2D eigenvalue weighted by Crippen LogP contribution is 2.23. The number of carbonyl (C=O) groups is 2. The number of esters is 1. The molecule has 0 radical (unpaired) electrons. The topological polar surface area (TPSA) is 55.4 Å². The van der Waals surface area contributed by atoms with Gasteiger partial charge >= 0.3 is 5.97 Å². The molecule has 8 heteroatoms. The van der Waals surface area contributed by atoms with Crippen LogP contribution in [0.3, 0.4) is 0 Å². The first kappa shape index (κ1) is 17.2. The van der Waals surface area contributed by atoms with Crippen molar-refractivity contribution in [3.05, 3.63) is 63.1 Å². The molecule has 0 bridgehead atoms. The molecule has 0 fully saturated rings. The number of rotatable bonds is 3. The highest BCUT2D eigenvalue weighted by atomic mass is 35.5. The lowest BCUT2D eigenvalue weighted by Crippen LogP contribution is -2.15. The van der Waals surface area contributed by atoms with Crippen LogP contribution in [-0.4, -0.2) is 19.0 Å². The molecule has 2 rings (SSSR count). The maximum Gasteiger partial charge on any atom is 0.340 e. The number of carbonyl (C=O) groups excluding carboxylic acids is 2. The molecule has 0 aliphatic heterocycles. The molecule has 0 heterocycles. The van der Waals surface area contributed by atoms with Crippen molar-refractivity contribution >= 4 is 40.8 Å². The zero-order chi connectivity index (χ0) is 17.1. The van der Waals surface area contributed by atoms with Crippen molar-refractivity contribution in [1.82, 2.24) is 0 Å². The van der Waals surface area contributed by atoms with E-state index in [1.165, 1.54) is 18.2 Å². The Hall–Kier alpha value is -2.18. The lowest BCUT2D eigenvalue weighted by molar-refractivity contribution is 0.0595. The Balaban J connectivity index is 2.35. The molecule has 0 saturated carbocycles. The van der Waals surface area contributed by atoms with Gasteiger partial charge in [-0.2, -0.15) is 0 Å². The Morgan fingerprint density at radius 2 is 1.61 bits per heavy atom. The van der Waals surface area contributed by atoms with Crippen LogP contribution in [0.15, 0.2) is 30.3 Å². The van der Waals surface area contributed by atoms with Crippen LogP contribution in [0.1, 0.15) is 20.7 Å². The first-order chi connectivity index (χ1) is 10.8. The first-order valence-corrected chi connectivity index (χ1v) is 6.92. The molecule has 2 aromatic carbocycles. The monoisotopic (exact) mass is 359 g/mol. The lowest BCUT2D eigenvalue weighted by atomic mass is 10.1. The highest BCUT2D eigenvalue weighted by molar-refractivity contribution is 6.35. The van der Waals surface area contributed by atoms with E-state index < -0.39 is 29.1 Å². The minimum atomic E-state index is -1.10. The molecule has 0 unspecified atom stereocenters. The molecule has 0 spiro atoms. The number of hydrogen-bond donors (Lipinski definition) is 1. The van der Waals surface area contributed by atoms with Gasteiger partial charge in [-0.05, 0) is 24.3 Å². The van der Waals surface area contributed by atoms with Gasteiger partial charge in [0.1, 0.15) is 11.6 Å². The molecule has 0 aliphatic carbocycles. The van der Waals surface area contributed by atoms with E-state index in [4.69, 9.17) is 23.2 Å². The summed E-state index contributed by atoms with van der Waals surface area (Å²) in [5.74, 6) is -3.87. The number of nitrogens with one attached hydrogen (secondary N) is 1. The van der Waals surface area contributed by atoms with Crippen LogP contribution < -0.4 is 5.32 Å². The summed E-state index contributed by atoms with van der Waals surface area (Å²) >= 11 is 11.6. The number of halogens is 4. The fraction of sp³-hybridized carbons (Fsp3) is 0.0667. The van der Waals surface area contributed by atoms with Crippen LogP contribution in [0.5, 0.6) is 0 Å². The van der Waals surface area contributed by atoms with Gasteiger partial charge in [0.25, 0.3) is 5.91 Å². The average Bonchev–Trinajstić information content (AvgIpc) is 2.48. The maximum absolute atomic E-state index is 13.8. The molecule has 0 saturated heterocycles. The average molecular weight is 360 g/mol. The summed E-state index contributed by atoms with van der Waals surface area (Å²) in [5, 5.41) is 2.66. The van der Waals surface area contributed by atoms with Gasteiger partial charge in [0.05, 0.1) is 18.4 Å². The molecular weight excluding hydrogens is 351 g/mol. The second kappa shape index (κ2) is 6.93. The normalized spacial score (nSPS) is 10.3. The van der Waals surface area contributed by atoms with E-state index in [0.29, 0.717) is 6.07 Å². The summed E-state index contributed by atoms with van der Waals surface area (Å²) in [6.07, 6.45) is 0. The van der Waals surface area contributed by atoms with Crippen LogP contribution in [0.4, 0.5) is 14.5 Å². The fourth-order valence-electron chi connectivity index (χ4n) is 1.79. The molecule has 23 heavy (non-hydrogen) atoms. The number of methoxy groups -OCH3 is 1. The predicted octanol–water partition coefficient (Wildman–Crippen LogP) is 4.31. The summed E-state index contributed by atoms with van der Waals surface area (Å²) in [6.45, 7) is 0. The summed E-state index contributed by atoms with van der Waals surface area (Å²) in [5.41, 5.74) is -0.813. The Morgan fingerprint density at radius 3 is 2.17 bits per heavy atom. The van der Waals surface area contributed by atoms with E-state index in [-0.39, 0.29) is 21.3 Å². The maximum atomic E-state index is 13.8. The van der Waals surface area contributed by atoms with Crippen molar-refractivity contribution in [2.45, 2.75) is 0 Å². The minimum Gasteiger partial charge on any atom is -0.465 e.